The van der Waals surface area contributed by atoms with Crippen molar-refractivity contribution < 1.29 is 14.3 Å². The van der Waals surface area contributed by atoms with Crippen molar-refractivity contribution in [2.75, 3.05) is 18.1 Å². The van der Waals surface area contributed by atoms with Gasteiger partial charge in [0.1, 0.15) is 13.2 Å². The third-order valence-electron chi connectivity index (χ3n) is 3.39. The van der Waals surface area contributed by atoms with Gasteiger partial charge in [-0.25, -0.2) is 0 Å². The molecule has 1 aliphatic heterocycles. The second-order valence-electron chi connectivity index (χ2n) is 5.12. The summed E-state index contributed by atoms with van der Waals surface area (Å²) >= 11 is 1.61. The molecule has 0 aliphatic carbocycles. The first kappa shape index (κ1) is 14.9. The summed E-state index contributed by atoms with van der Waals surface area (Å²) in [5, 5.41) is 1.99. The third-order valence-corrected chi connectivity index (χ3v) is 4.25. The Bertz CT molecular complexity index is 655. The molecule has 1 aliphatic rings. The van der Waals surface area contributed by atoms with E-state index in [1.54, 1.807) is 23.2 Å². The van der Waals surface area contributed by atoms with Crippen LogP contribution in [0.2, 0.25) is 0 Å². The number of ether oxygens (including phenoxy) is 2. The second kappa shape index (κ2) is 6.37. The van der Waals surface area contributed by atoms with E-state index >= 15 is 0 Å². The standard InChI is InChI=1S/C16H18N2O3S/c1-11(17)16(19)18(10-13-3-2-8-22-13)12-4-5-14-15(9-12)21-7-6-20-14/h2-5,8-9,11H,6-7,10,17H2,1H3. The monoisotopic (exact) mass is 318 g/mol. The minimum Gasteiger partial charge on any atom is -0.486 e. The Kier molecular flexibility index (Phi) is 4.31. The molecule has 5 nitrogen and oxygen atoms in total. The molecule has 0 spiro atoms. The number of carbonyl (C=O) groups excluding carboxylic acids is 1. The summed E-state index contributed by atoms with van der Waals surface area (Å²) in [6.45, 7) is 3.26. The quantitative estimate of drug-likeness (QED) is 0.940. The van der Waals surface area contributed by atoms with E-state index in [2.05, 4.69) is 0 Å². The summed E-state index contributed by atoms with van der Waals surface area (Å²) in [5.41, 5.74) is 6.56. The Morgan fingerprint density at radius 3 is 2.77 bits per heavy atom. The number of nitrogens with zero attached hydrogens (tertiary/aromatic N) is 1. The molecule has 6 heteroatoms. The number of benzene rings is 1. The molecule has 2 heterocycles. The van der Waals surface area contributed by atoms with Crippen molar-refractivity contribution in [1.82, 2.24) is 0 Å². The van der Waals surface area contributed by atoms with Crippen LogP contribution in [-0.2, 0) is 11.3 Å². The zero-order valence-corrected chi connectivity index (χ0v) is 13.1. The van der Waals surface area contributed by atoms with Gasteiger partial charge in [0.25, 0.3) is 0 Å². The lowest BCUT2D eigenvalue weighted by molar-refractivity contribution is -0.119. The van der Waals surface area contributed by atoms with Gasteiger partial charge in [-0.2, -0.15) is 0 Å². The molecule has 0 saturated heterocycles. The van der Waals surface area contributed by atoms with E-state index in [1.165, 1.54) is 0 Å². The molecule has 1 atom stereocenters. The molecule has 0 fully saturated rings. The predicted octanol–water partition coefficient (Wildman–Crippen LogP) is 2.40. The molecule has 1 aromatic heterocycles. The first-order chi connectivity index (χ1) is 10.6. The van der Waals surface area contributed by atoms with E-state index < -0.39 is 6.04 Å². The van der Waals surface area contributed by atoms with Gasteiger partial charge in [-0.15, -0.1) is 11.3 Å². The van der Waals surface area contributed by atoms with Gasteiger partial charge in [0.05, 0.1) is 12.6 Å². The van der Waals surface area contributed by atoms with Crippen molar-refractivity contribution in [2.45, 2.75) is 19.5 Å². The molecule has 0 bridgehead atoms. The van der Waals surface area contributed by atoms with Crippen LogP contribution in [0.4, 0.5) is 5.69 Å². The van der Waals surface area contributed by atoms with Crippen LogP contribution >= 0.6 is 11.3 Å². The van der Waals surface area contributed by atoms with Crippen LogP contribution in [0.1, 0.15) is 11.8 Å². The minimum absolute atomic E-state index is 0.120. The molecule has 22 heavy (non-hydrogen) atoms. The van der Waals surface area contributed by atoms with Crippen molar-refractivity contribution in [2.24, 2.45) is 5.73 Å². The molecule has 2 aromatic rings. The zero-order chi connectivity index (χ0) is 15.5. The number of thiophene rings is 1. The first-order valence-corrected chi connectivity index (χ1v) is 8.02. The normalized spacial score (nSPS) is 14.5. The fourth-order valence-electron chi connectivity index (χ4n) is 2.30. The molecular weight excluding hydrogens is 300 g/mol. The molecule has 1 aromatic carbocycles. The maximum atomic E-state index is 12.5. The lowest BCUT2D eigenvalue weighted by Crippen LogP contribution is -2.41. The van der Waals surface area contributed by atoms with E-state index in [-0.39, 0.29) is 5.91 Å². The van der Waals surface area contributed by atoms with Crippen molar-refractivity contribution in [1.29, 1.82) is 0 Å². The van der Waals surface area contributed by atoms with Gasteiger partial charge in [-0.3, -0.25) is 4.79 Å². The summed E-state index contributed by atoms with van der Waals surface area (Å²) < 4.78 is 11.1. The maximum absolute atomic E-state index is 12.5. The Balaban J connectivity index is 1.92. The molecule has 116 valence electrons. The van der Waals surface area contributed by atoms with Crippen LogP contribution < -0.4 is 20.1 Å². The van der Waals surface area contributed by atoms with Crippen LogP contribution in [0.5, 0.6) is 11.5 Å². The molecule has 1 amide bonds. The number of rotatable bonds is 4. The lowest BCUT2D eigenvalue weighted by Gasteiger charge is -2.26. The molecule has 1 unspecified atom stereocenters. The van der Waals surface area contributed by atoms with Crippen LogP contribution in [0.15, 0.2) is 35.7 Å². The Hall–Kier alpha value is -2.05. The fraction of sp³-hybridized carbons (Fsp3) is 0.312. The maximum Gasteiger partial charge on any atom is 0.243 e. The van der Waals surface area contributed by atoms with Crippen LogP contribution in [0, 0.1) is 0 Å². The number of anilines is 1. The number of nitrogens with two attached hydrogens (primary N) is 1. The van der Waals surface area contributed by atoms with Gasteiger partial charge in [0, 0.05) is 16.6 Å². The minimum atomic E-state index is -0.562. The first-order valence-electron chi connectivity index (χ1n) is 7.14. The van der Waals surface area contributed by atoms with Crippen LogP contribution in [0.25, 0.3) is 0 Å². The topological polar surface area (TPSA) is 64.8 Å². The predicted molar refractivity (Wildman–Crippen MR) is 86.6 cm³/mol. The van der Waals surface area contributed by atoms with Gasteiger partial charge in [0.15, 0.2) is 11.5 Å². The van der Waals surface area contributed by atoms with Gasteiger partial charge in [-0.05, 0) is 30.5 Å². The summed E-state index contributed by atoms with van der Waals surface area (Å²) in [5.74, 6) is 1.25. The second-order valence-corrected chi connectivity index (χ2v) is 6.15. The summed E-state index contributed by atoms with van der Waals surface area (Å²) in [7, 11) is 0. The average molecular weight is 318 g/mol. The number of carbonyl (C=O) groups is 1. The van der Waals surface area contributed by atoms with Crippen molar-refractivity contribution >= 4 is 22.9 Å². The molecule has 0 radical (unpaired) electrons. The zero-order valence-electron chi connectivity index (χ0n) is 12.3. The summed E-state index contributed by atoms with van der Waals surface area (Å²) in [4.78, 5) is 15.3. The lowest BCUT2D eigenvalue weighted by atomic mass is 10.2. The van der Waals surface area contributed by atoms with E-state index in [0.717, 1.165) is 10.6 Å². The van der Waals surface area contributed by atoms with Crippen LogP contribution in [-0.4, -0.2) is 25.2 Å². The van der Waals surface area contributed by atoms with Crippen LogP contribution in [0.3, 0.4) is 0 Å². The smallest absolute Gasteiger partial charge is 0.243 e. The average Bonchev–Trinajstić information content (AvgIpc) is 3.04. The Morgan fingerprint density at radius 1 is 1.32 bits per heavy atom. The molecule has 0 saturated carbocycles. The number of hydrogen-bond donors (Lipinski definition) is 1. The van der Waals surface area contributed by atoms with E-state index in [0.29, 0.717) is 31.3 Å². The Labute approximate surface area is 133 Å². The molecule has 3 rings (SSSR count). The molecule has 2 N–H and O–H groups in total. The third kappa shape index (κ3) is 3.08. The van der Waals surface area contributed by atoms with E-state index in [4.69, 9.17) is 15.2 Å². The highest BCUT2D eigenvalue weighted by atomic mass is 32.1. The fourth-order valence-corrected chi connectivity index (χ4v) is 2.99. The van der Waals surface area contributed by atoms with E-state index in [1.807, 2.05) is 35.7 Å². The summed E-state index contributed by atoms with van der Waals surface area (Å²) in [6.07, 6.45) is 0. The van der Waals surface area contributed by atoms with Gasteiger partial charge < -0.3 is 20.1 Å². The highest BCUT2D eigenvalue weighted by Crippen LogP contribution is 2.34. The van der Waals surface area contributed by atoms with E-state index in [9.17, 15) is 4.79 Å². The van der Waals surface area contributed by atoms with Gasteiger partial charge >= 0.3 is 0 Å². The van der Waals surface area contributed by atoms with Crippen molar-refractivity contribution in [3.8, 4) is 11.5 Å². The number of hydrogen-bond acceptors (Lipinski definition) is 5. The number of fused-ring (bicyclic) bond motifs is 1. The highest BCUT2D eigenvalue weighted by Gasteiger charge is 2.22. The Morgan fingerprint density at radius 2 is 2.09 bits per heavy atom. The molecular formula is C16H18N2O3S. The number of amides is 1. The largest absolute Gasteiger partial charge is 0.486 e. The van der Waals surface area contributed by atoms with Crippen molar-refractivity contribution in [3.63, 3.8) is 0 Å². The van der Waals surface area contributed by atoms with Gasteiger partial charge in [0.2, 0.25) is 5.91 Å². The SMILES string of the molecule is CC(N)C(=O)N(Cc1cccs1)c1ccc2c(c1)OCCO2. The summed E-state index contributed by atoms with van der Waals surface area (Å²) in [6, 6.07) is 8.94. The van der Waals surface area contributed by atoms with Gasteiger partial charge in [-0.1, -0.05) is 6.07 Å². The highest BCUT2D eigenvalue weighted by molar-refractivity contribution is 7.09. The van der Waals surface area contributed by atoms with Crippen molar-refractivity contribution in [3.05, 3.63) is 40.6 Å².